The predicted octanol–water partition coefficient (Wildman–Crippen LogP) is 3.75. The molecule has 2 saturated heterocycles. The molecular formula is C27H36O5Si. The van der Waals surface area contributed by atoms with Crippen LogP contribution in [0.15, 0.2) is 73.3 Å². The molecule has 2 aliphatic heterocycles. The maximum absolute atomic E-state index is 11.2. The monoisotopic (exact) mass is 468 g/mol. The van der Waals surface area contributed by atoms with Crippen molar-refractivity contribution in [3.05, 3.63) is 73.3 Å². The molecule has 0 spiro atoms. The van der Waals surface area contributed by atoms with Crippen LogP contribution in [-0.2, 0) is 18.6 Å². The van der Waals surface area contributed by atoms with Crippen molar-refractivity contribution in [2.75, 3.05) is 6.61 Å². The smallest absolute Gasteiger partial charge is 0.261 e. The third kappa shape index (κ3) is 4.36. The van der Waals surface area contributed by atoms with E-state index < -0.39 is 38.2 Å². The average Bonchev–Trinajstić information content (AvgIpc) is 3.21. The van der Waals surface area contributed by atoms with E-state index in [1.54, 1.807) is 6.08 Å². The summed E-state index contributed by atoms with van der Waals surface area (Å²) < 4.78 is 25.4. The lowest BCUT2D eigenvalue weighted by atomic mass is 10.0. The lowest BCUT2D eigenvalue weighted by Gasteiger charge is -2.43. The molecule has 178 valence electrons. The Bertz CT molecular complexity index is 916. The van der Waals surface area contributed by atoms with Gasteiger partial charge in [-0.05, 0) is 29.3 Å². The number of aliphatic hydroxyl groups is 1. The minimum absolute atomic E-state index is 0.155. The van der Waals surface area contributed by atoms with Crippen molar-refractivity contribution in [3.63, 3.8) is 0 Å². The summed E-state index contributed by atoms with van der Waals surface area (Å²) >= 11 is 0. The van der Waals surface area contributed by atoms with Gasteiger partial charge in [-0.15, -0.1) is 6.58 Å². The Hall–Kier alpha value is -1.80. The van der Waals surface area contributed by atoms with Crippen LogP contribution >= 0.6 is 0 Å². The van der Waals surface area contributed by atoms with Gasteiger partial charge in [0.2, 0.25) is 0 Å². The highest BCUT2D eigenvalue weighted by atomic mass is 28.4. The maximum atomic E-state index is 11.2. The van der Waals surface area contributed by atoms with Crippen LogP contribution in [0.4, 0.5) is 0 Å². The van der Waals surface area contributed by atoms with Crippen LogP contribution in [0.3, 0.4) is 0 Å². The Balaban J connectivity index is 1.72. The van der Waals surface area contributed by atoms with Gasteiger partial charge in [0.15, 0.2) is 11.6 Å². The zero-order chi connectivity index (χ0) is 23.9. The van der Waals surface area contributed by atoms with E-state index in [0.717, 1.165) is 0 Å². The largest absolute Gasteiger partial charge is 0.405 e. The molecule has 2 heterocycles. The summed E-state index contributed by atoms with van der Waals surface area (Å²) in [4.78, 5) is 0. The van der Waals surface area contributed by atoms with Crippen LogP contribution in [0.1, 0.15) is 41.0 Å². The van der Waals surface area contributed by atoms with Crippen LogP contribution in [0.25, 0.3) is 0 Å². The van der Waals surface area contributed by atoms with E-state index in [4.69, 9.17) is 18.6 Å². The second kappa shape index (κ2) is 8.76. The first-order valence-corrected chi connectivity index (χ1v) is 13.5. The maximum Gasteiger partial charge on any atom is 0.261 e. The number of rotatable bonds is 7. The van der Waals surface area contributed by atoms with Crippen molar-refractivity contribution in [1.82, 2.24) is 0 Å². The van der Waals surface area contributed by atoms with Crippen LogP contribution in [0.2, 0.25) is 5.04 Å². The van der Waals surface area contributed by atoms with E-state index in [0.29, 0.717) is 0 Å². The molecule has 2 fully saturated rings. The Morgan fingerprint density at radius 2 is 1.52 bits per heavy atom. The molecule has 4 rings (SSSR count). The van der Waals surface area contributed by atoms with Gasteiger partial charge >= 0.3 is 0 Å². The van der Waals surface area contributed by atoms with E-state index in [2.05, 4.69) is 75.9 Å². The molecule has 5 nitrogen and oxygen atoms in total. The molecular weight excluding hydrogens is 432 g/mol. The fraction of sp³-hybridized carbons (Fsp3) is 0.481. The number of benzene rings is 2. The topological polar surface area (TPSA) is 57.2 Å². The highest BCUT2D eigenvalue weighted by molar-refractivity contribution is 6.99. The van der Waals surface area contributed by atoms with Gasteiger partial charge in [-0.3, -0.25) is 0 Å². The Kier molecular flexibility index (Phi) is 6.46. The van der Waals surface area contributed by atoms with Crippen molar-refractivity contribution in [1.29, 1.82) is 0 Å². The van der Waals surface area contributed by atoms with E-state index >= 15 is 0 Å². The fourth-order valence-electron chi connectivity index (χ4n) is 5.27. The van der Waals surface area contributed by atoms with Crippen LogP contribution < -0.4 is 10.4 Å². The van der Waals surface area contributed by atoms with Gasteiger partial charge in [-0.2, -0.15) is 0 Å². The van der Waals surface area contributed by atoms with Crippen LogP contribution in [-0.4, -0.2) is 49.9 Å². The van der Waals surface area contributed by atoms with Gasteiger partial charge in [0.1, 0.15) is 18.3 Å². The summed E-state index contributed by atoms with van der Waals surface area (Å²) in [6.07, 6.45) is 0.408. The van der Waals surface area contributed by atoms with E-state index in [1.165, 1.54) is 10.4 Å². The Morgan fingerprint density at radius 1 is 0.970 bits per heavy atom. The number of ether oxygens (including phenoxy) is 3. The van der Waals surface area contributed by atoms with Crippen LogP contribution in [0, 0.1) is 0 Å². The summed E-state index contributed by atoms with van der Waals surface area (Å²) in [7, 11) is -2.74. The first kappa shape index (κ1) is 24.3. The van der Waals surface area contributed by atoms with Gasteiger partial charge in [0.25, 0.3) is 8.32 Å². The number of hydrogen-bond acceptors (Lipinski definition) is 5. The molecule has 0 aliphatic carbocycles. The molecule has 0 bridgehead atoms. The standard InChI is InChI=1S/C27H36O5Si/c1-7-18-27(28)24-23(31-26(5,6)32-24)22(30-27)19-29-33(25(2,3)4,20-14-10-8-11-15-20)21-16-12-9-13-17-21/h7-17,22-24,28H,1,18-19H2,2-6H3/t22-,23-,24-,27?/m1/s1. The first-order valence-electron chi connectivity index (χ1n) is 11.6. The molecule has 1 N–H and O–H groups in total. The summed E-state index contributed by atoms with van der Waals surface area (Å²) in [5.41, 5.74) is 0. The molecule has 4 atom stereocenters. The van der Waals surface area contributed by atoms with Crippen molar-refractivity contribution < 1.29 is 23.7 Å². The fourth-order valence-corrected chi connectivity index (χ4v) is 9.84. The quantitative estimate of drug-likeness (QED) is 0.496. The predicted molar refractivity (Wildman–Crippen MR) is 132 cm³/mol. The highest BCUT2D eigenvalue weighted by Crippen LogP contribution is 2.45. The lowest BCUT2D eigenvalue weighted by Crippen LogP contribution is -2.67. The summed E-state index contributed by atoms with van der Waals surface area (Å²) in [5.74, 6) is -2.29. The van der Waals surface area contributed by atoms with Crippen molar-refractivity contribution in [3.8, 4) is 0 Å². The van der Waals surface area contributed by atoms with E-state index in [9.17, 15) is 5.11 Å². The normalized spacial score (nSPS) is 29.1. The molecule has 33 heavy (non-hydrogen) atoms. The van der Waals surface area contributed by atoms with Gasteiger partial charge in [0.05, 0.1) is 6.61 Å². The molecule has 0 aromatic heterocycles. The molecule has 0 amide bonds. The zero-order valence-electron chi connectivity index (χ0n) is 20.3. The molecule has 0 saturated carbocycles. The average molecular weight is 469 g/mol. The third-order valence-electron chi connectivity index (χ3n) is 6.61. The van der Waals surface area contributed by atoms with Crippen molar-refractivity contribution in [2.24, 2.45) is 0 Å². The second-order valence-electron chi connectivity index (χ2n) is 10.5. The minimum Gasteiger partial charge on any atom is -0.405 e. The molecule has 1 unspecified atom stereocenters. The van der Waals surface area contributed by atoms with Gasteiger partial charge in [-0.25, -0.2) is 0 Å². The van der Waals surface area contributed by atoms with Crippen molar-refractivity contribution >= 4 is 18.7 Å². The van der Waals surface area contributed by atoms with Gasteiger partial charge in [-0.1, -0.05) is 87.5 Å². The van der Waals surface area contributed by atoms with Gasteiger partial charge in [0, 0.05) is 6.42 Å². The van der Waals surface area contributed by atoms with E-state index in [1.807, 2.05) is 26.0 Å². The van der Waals surface area contributed by atoms with E-state index in [-0.39, 0.29) is 18.1 Å². The lowest BCUT2D eigenvalue weighted by molar-refractivity contribution is -0.274. The molecule has 2 aliphatic rings. The summed E-state index contributed by atoms with van der Waals surface area (Å²) in [6, 6.07) is 21.0. The number of fused-ring (bicyclic) bond motifs is 1. The zero-order valence-corrected chi connectivity index (χ0v) is 21.3. The minimum atomic E-state index is -2.74. The number of hydrogen-bond donors (Lipinski definition) is 1. The first-order chi connectivity index (χ1) is 15.5. The highest BCUT2D eigenvalue weighted by Gasteiger charge is 2.62. The summed E-state index contributed by atoms with van der Waals surface area (Å²) in [6.45, 7) is 14.5. The summed E-state index contributed by atoms with van der Waals surface area (Å²) in [5, 5.41) is 13.5. The van der Waals surface area contributed by atoms with Crippen molar-refractivity contribution in [2.45, 2.75) is 76.0 Å². The third-order valence-corrected chi connectivity index (χ3v) is 11.6. The molecule has 6 heteroatoms. The van der Waals surface area contributed by atoms with Gasteiger partial charge < -0.3 is 23.7 Å². The second-order valence-corrected chi connectivity index (χ2v) is 14.8. The molecule has 2 aromatic carbocycles. The molecule has 0 radical (unpaired) electrons. The SMILES string of the molecule is C=CCC1(O)O[C@H](CO[Si](c2ccccc2)(c2ccccc2)C(C)(C)C)[C@H]2OC(C)(C)O[C@H]21. The molecule has 2 aromatic rings. The Morgan fingerprint density at radius 3 is 2.00 bits per heavy atom. The Labute approximate surface area is 198 Å². The van der Waals surface area contributed by atoms with Crippen LogP contribution in [0.5, 0.6) is 0 Å².